The minimum atomic E-state index is -1.12. The number of carboxylic acid groups (broad SMARTS) is 1. The first-order valence-electron chi connectivity index (χ1n) is 10.7. The number of benzene rings is 2. The van der Waals surface area contributed by atoms with Gasteiger partial charge in [0, 0.05) is 20.9 Å². The predicted octanol–water partition coefficient (Wildman–Crippen LogP) is 6.80. The first kappa shape index (κ1) is 22.5. The molecule has 1 N–H and O–H groups in total. The molecule has 0 spiro atoms. The van der Waals surface area contributed by atoms with Crippen molar-refractivity contribution in [3.63, 3.8) is 0 Å². The van der Waals surface area contributed by atoms with Crippen LogP contribution in [-0.2, 0) is 16.0 Å². The Balaban J connectivity index is 1.96. The number of carbonyl (C=O) groups is 1. The number of hydrogen-bond donors (Lipinski definition) is 1. The summed E-state index contributed by atoms with van der Waals surface area (Å²) in [5, 5.41) is 10.1. The maximum absolute atomic E-state index is 13.6. The molecule has 6 heteroatoms. The van der Waals surface area contributed by atoms with Gasteiger partial charge < -0.3 is 14.6 Å². The van der Waals surface area contributed by atoms with Gasteiger partial charge in [0.15, 0.2) is 6.10 Å². The molecule has 0 amide bonds. The van der Waals surface area contributed by atoms with Crippen LogP contribution in [0.3, 0.4) is 0 Å². The molecule has 4 nitrogen and oxygen atoms in total. The highest BCUT2D eigenvalue weighted by Crippen LogP contribution is 2.48. The summed E-state index contributed by atoms with van der Waals surface area (Å²) in [6.45, 7) is 8.17. The molecule has 0 fully saturated rings. The van der Waals surface area contributed by atoms with E-state index >= 15 is 0 Å². The molecule has 0 saturated heterocycles. The fraction of sp³-hybridized carbons (Fsp3) is 0.346. The Hall–Kier alpha value is -2.70. The average Bonchev–Trinajstić information content (AvgIpc) is 3.08. The summed E-state index contributed by atoms with van der Waals surface area (Å²) >= 11 is 1.51. The third-order valence-corrected chi connectivity index (χ3v) is 6.56. The molecule has 1 atom stereocenters. The topological polar surface area (TPSA) is 55.8 Å². The summed E-state index contributed by atoms with van der Waals surface area (Å²) in [5.41, 5.74) is 3.69. The van der Waals surface area contributed by atoms with E-state index in [1.54, 1.807) is 12.1 Å². The number of carboxylic acids is 1. The van der Waals surface area contributed by atoms with Gasteiger partial charge in [-0.15, -0.1) is 11.3 Å². The second-order valence-electron chi connectivity index (χ2n) is 9.01. The van der Waals surface area contributed by atoms with Gasteiger partial charge in [0.2, 0.25) is 0 Å². The Kier molecular flexibility index (Phi) is 6.10. The van der Waals surface area contributed by atoms with Gasteiger partial charge in [0.05, 0.1) is 12.2 Å². The summed E-state index contributed by atoms with van der Waals surface area (Å²) in [6.07, 6.45) is 0.735. The van der Waals surface area contributed by atoms with Crippen molar-refractivity contribution in [2.45, 2.75) is 52.2 Å². The Morgan fingerprint density at radius 1 is 1.16 bits per heavy atom. The van der Waals surface area contributed by atoms with Gasteiger partial charge in [-0.1, -0.05) is 18.2 Å². The molecular formula is C26H27FO4S. The quantitative estimate of drug-likeness (QED) is 0.461. The first-order chi connectivity index (χ1) is 15.1. The average molecular weight is 455 g/mol. The van der Waals surface area contributed by atoms with Crippen LogP contribution in [0, 0.1) is 12.7 Å². The standard InChI is InChI=1S/C26H27FO4S/c1-15-21(23(25(28)29)31-26(2,3)4)22(24(32-15)16-7-10-19(27)11-8-16)18-9-12-20-17(14-18)6-5-13-30-20/h7-12,14,23H,5-6,13H2,1-4H3,(H,28,29). The summed E-state index contributed by atoms with van der Waals surface area (Å²) in [6, 6.07) is 12.3. The van der Waals surface area contributed by atoms with Gasteiger partial charge in [-0.25, -0.2) is 9.18 Å². The summed E-state index contributed by atoms with van der Waals surface area (Å²) in [4.78, 5) is 14.1. The molecule has 1 aliphatic heterocycles. The second kappa shape index (κ2) is 8.68. The van der Waals surface area contributed by atoms with Gasteiger partial charge >= 0.3 is 5.97 Å². The Labute approximate surface area is 191 Å². The summed E-state index contributed by atoms with van der Waals surface area (Å²) in [5.74, 6) is -0.471. The zero-order chi connectivity index (χ0) is 23.0. The van der Waals surface area contributed by atoms with Crippen molar-refractivity contribution in [3.8, 4) is 27.3 Å². The van der Waals surface area contributed by atoms with Gasteiger partial charge in [0.25, 0.3) is 0 Å². The molecule has 168 valence electrons. The zero-order valence-electron chi connectivity index (χ0n) is 18.7. The number of hydrogen-bond acceptors (Lipinski definition) is 4. The molecule has 1 aliphatic rings. The maximum Gasteiger partial charge on any atom is 0.337 e. The molecule has 2 aromatic carbocycles. The van der Waals surface area contributed by atoms with Crippen LogP contribution in [0.5, 0.6) is 5.75 Å². The Morgan fingerprint density at radius 3 is 2.50 bits per heavy atom. The van der Waals surface area contributed by atoms with Crippen LogP contribution in [0.15, 0.2) is 42.5 Å². The molecule has 1 unspecified atom stereocenters. The van der Waals surface area contributed by atoms with Crippen LogP contribution in [0.2, 0.25) is 0 Å². The van der Waals surface area contributed by atoms with E-state index in [0.717, 1.165) is 50.6 Å². The Bertz CT molecular complexity index is 1140. The van der Waals surface area contributed by atoms with E-state index in [-0.39, 0.29) is 5.82 Å². The van der Waals surface area contributed by atoms with E-state index in [2.05, 4.69) is 6.07 Å². The number of fused-ring (bicyclic) bond motifs is 1. The highest BCUT2D eigenvalue weighted by atomic mass is 32.1. The van der Waals surface area contributed by atoms with Crippen LogP contribution >= 0.6 is 11.3 Å². The smallest absolute Gasteiger partial charge is 0.337 e. The minimum Gasteiger partial charge on any atom is -0.493 e. The lowest BCUT2D eigenvalue weighted by atomic mass is 9.91. The number of ether oxygens (including phenoxy) is 2. The van der Waals surface area contributed by atoms with Gasteiger partial charge in [-0.05, 0) is 81.5 Å². The fourth-order valence-corrected chi connectivity index (χ4v) is 5.28. The zero-order valence-corrected chi connectivity index (χ0v) is 19.5. The van der Waals surface area contributed by atoms with Crippen molar-refractivity contribution in [3.05, 3.63) is 64.3 Å². The van der Waals surface area contributed by atoms with E-state index < -0.39 is 17.7 Å². The van der Waals surface area contributed by atoms with Gasteiger partial charge in [0.1, 0.15) is 11.6 Å². The molecule has 0 saturated carbocycles. The van der Waals surface area contributed by atoms with Crippen LogP contribution in [-0.4, -0.2) is 23.3 Å². The van der Waals surface area contributed by atoms with Gasteiger partial charge in [-0.3, -0.25) is 0 Å². The van der Waals surface area contributed by atoms with Crippen molar-refractivity contribution >= 4 is 17.3 Å². The largest absolute Gasteiger partial charge is 0.493 e. The van der Waals surface area contributed by atoms with Crippen LogP contribution in [0.25, 0.3) is 21.6 Å². The molecule has 3 aromatic rings. The third-order valence-electron chi connectivity index (χ3n) is 5.39. The highest BCUT2D eigenvalue weighted by Gasteiger charge is 2.33. The summed E-state index contributed by atoms with van der Waals surface area (Å²) < 4.78 is 25.4. The normalized spacial score (nSPS) is 14.5. The SMILES string of the molecule is Cc1sc(-c2ccc(F)cc2)c(-c2ccc3c(c2)CCCO3)c1C(OC(C)(C)C)C(=O)O. The number of thiophene rings is 1. The maximum atomic E-state index is 13.6. The third kappa shape index (κ3) is 4.57. The van der Waals surface area contributed by atoms with E-state index in [0.29, 0.717) is 12.2 Å². The van der Waals surface area contributed by atoms with Crippen LogP contribution in [0.1, 0.15) is 49.3 Å². The molecule has 32 heavy (non-hydrogen) atoms. The molecule has 4 rings (SSSR count). The lowest BCUT2D eigenvalue weighted by Crippen LogP contribution is -2.27. The minimum absolute atomic E-state index is 0.311. The molecular weight excluding hydrogens is 427 g/mol. The second-order valence-corrected chi connectivity index (χ2v) is 10.2. The van der Waals surface area contributed by atoms with Gasteiger partial charge in [-0.2, -0.15) is 0 Å². The van der Waals surface area contributed by atoms with Crippen molar-refractivity contribution in [1.82, 2.24) is 0 Å². The summed E-state index contributed by atoms with van der Waals surface area (Å²) in [7, 11) is 0. The van der Waals surface area contributed by atoms with E-state index in [4.69, 9.17) is 9.47 Å². The van der Waals surface area contributed by atoms with Crippen molar-refractivity contribution in [2.75, 3.05) is 6.61 Å². The van der Waals surface area contributed by atoms with Crippen molar-refractivity contribution < 1.29 is 23.8 Å². The van der Waals surface area contributed by atoms with Crippen LogP contribution in [0.4, 0.5) is 4.39 Å². The number of aryl methyl sites for hydroxylation is 2. The predicted molar refractivity (Wildman–Crippen MR) is 125 cm³/mol. The number of aliphatic carboxylic acids is 1. The van der Waals surface area contributed by atoms with Crippen molar-refractivity contribution in [1.29, 1.82) is 0 Å². The van der Waals surface area contributed by atoms with Crippen molar-refractivity contribution in [2.24, 2.45) is 0 Å². The molecule has 1 aromatic heterocycles. The molecule has 0 bridgehead atoms. The molecule has 0 radical (unpaired) electrons. The monoisotopic (exact) mass is 454 g/mol. The Morgan fingerprint density at radius 2 is 1.84 bits per heavy atom. The molecule has 2 heterocycles. The number of rotatable bonds is 5. The highest BCUT2D eigenvalue weighted by molar-refractivity contribution is 7.16. The lowest BCUT2D eigenvalue weighted by Gasteiger charge is -2.26. The lowest BCUT2D eigenvalue weighted by molar-refractivity contribution is -0.160. The first-order valence-corrected chi connectivity index (χ1v) is 11.5. The van der Waals surface area contributed by atoms with E-state index in [1.807, 2.05) is 39.8 Å². The van der Waals surface area contributed by atoms with E-state index in [9.17, 15) is 14.3 Å². The molecule has 0 aliphatic carbocycles. The fourth-order valence-electron chi connectivity index (χ4n) is 4.07. The number of halogens is 1. The van der Waals surface area contributed by atoms with E-state index in [1.165, 1.54) is 23.5 Å². The van der Waals surface area contributed by atoms with Crippen LogP contribution < -0.4 is 4.74 Å².